The molecule has 3 saturated heterocycles. The molecule has 6 heteroatoms. The molecule has 2 amide bonds. The summed E-state index contributed by atoms with van der Waals surface area (Å²) < 4.78 is 0. The second kappa shape index (κ2) is 7.60. The SMILES string of the molecule is O=C(CN1CCC2(CC1)C[C@@H](O)[C@H](c1ccccc1)NC2=O)N1CCCC1. The van der Waals surface area contributed by atoms with Gasteiger partial charge in [0.25, 0.3) is 0 Å². The predicted octanol–water partition coefficient (Wildman–Crippen LogP) is 1.31. The van der Waals surface area contributed by atoms with Crippen LogP contribution in [0.1, 0.15) is 43.7 Å². The number of benzene rings is 1. The van der Waals surface area contributed by atoms with Crippen LogP contribution in [0.4, 0.5) is 0 Å². The molecule has 0 unspecified atom stereocenters. The molecule has 3 fully saturated rings. The number of carbonyl (C=O) groups is 2. The third-order valence-electron chi connectivity index (χ3n) is 6.54. The number of aliphatic hydroxyl groups excluding tert-OH is 1. The molecule has 27 heavy (non-hydrogen) atoms. The van der Waals surface area contributed by atoms with Gasteiger partial charge in [0, 0.05) is 13.1 Å². The van der Waals surface area contributed by atoms with Crippen molar-refractivity contribution in [3.05, 3.63) is 35.9 Å². The number of nitrogens with zero attached hydrogens (tertiary/aromatic N) is 2. The summed E-state index contributed by atoms with van der Waals surface area (Å²) in [5.41, 5.74) is 0.444. The lowest BCUT2D eigenvalue weighted by molar-refractivity contribution is -0.144. The summed E-state index contributed by atoms with van der Waals surface area (Å²) in [6, 6.07) is 9.33. The smallest absolute Gasteiger partial charge is 0.236 e. The number of nitrogens with one attached hydrogen (secondary N) is 1. The normalized spacial score (nSPS) is 28.3. The fourth-order valence-electron chi connectivity index (χ4n) is 4.80. The van der Waals surface area contributed by atoms with Crippen molar-refractivity contribution in [2.24, 2.45) is 5.41 Å². The molecule has 3 aliphatic heterocycles. The number of aliphatic hydroxyl groups is 1. The Hall–Kier alpha value is -1.92. The van der Waals surface area contributed by atoms with Crippen molar-refractivity contribution in [3.63, 3.8) is 0 Å². The first-order valence-electron chi connectivity index (χ1n) is 10.1. The fraction of sp³-hybridized carbons (Fsp3) is 0.619. The number of hydrogen-bond donors (Lipinski definition) is 2. The molecule has 0 aromatic heterocycles. The van der Waals surface area contributed by atoms with Crippen molar-refractivity contribution in [3.8, 4) is 0 Å². The maximum absolute atomic E-state index is 12.9. The van der Waals surface area contributed by atoms with Crippen molar-refractivity contribution in [2.45, 2.75) is 44.2 Å². The van der Waals surface area contributed by atoms with Gasteiger partial charge >= 0.3 is 0 Å². The Bertz CT molecular complexity index is 679. The zero-order valence-corrected chi connectivity index (χ0v) is 15.8. The molecule has 0 radical (unpaired) electrons. The first-order chi connectivity index (χ1) is 13.1. The van der Waals surface area contributed by atoms with Crippen LogP contribution in [0.2, 0.25) is 0 Å². The highest BCUT2D eigenvalue weighted by atomic mass is 16.3. The number of rotatable bonds is 3. The van der Waals surface area contributed by atoms with Crippen LogP contribution in [-0.2, 0) is 9.59 Å². The van der Waals surface area contributed by atoms with E-state index < -0.39 is 11.5 Å². The highest BCUT2D eigenvalue weighted by molar-refractivity contribution is 5.84. The van der Waals surface area contributed by atoms with Gasteiger partial charge < -0.3 is 15.3 Å². The molecule has 2 atom stereocenters. The Morgan fingerprint density at radius 3 is 2.44 bits per heavy atom. The molecule has 1 aromatic rings. The van der Waals surface area contributed by atoms with Crippen molar-refractivity contribution < 1.29 is 14.7 Å². The van der Waals surface area contributed by atoms with Crippen LogP contribution in [0.3, 0.4) is 0 Å². The highest BCUT2D eigenvalue weighted by Crippen LogP contribution is 2.42. The minimum Gasteiger partial charge on any atom is -0.391 e. The lowest BCUT2D eigenvalue weighted by Gasteiger charge is -2.46. The van der Waals surface area contributed by atoms with Crippen LogP contribution >= 0.6 is 0 Å². The number of likely N-dealkylation sites (tertiary alicyclic amines) is 2. The van der Waals surface area contributed by atoms with Gasteiger partial charge in [0.15, 0.2) is 0 Å². The zero-order valence-electron chi connectivity index (χ0n) is 15.8. The van der Waals surface area contributed by atoms with E-state index in [1.807, 2.05) is 35.2 Å². The van der Waals surface area contributed by atoms with Gasteiger partial charge in [-0.15, -0.1) is 0 Å². The minimum atomic E-state index is -0.581. The van der Waals surface area contributed by atoms with Crippen LogP contribution < -0.4 is 5.32 Å². The van der Waals surface area contributed by atoms with Gasteiger partial charge in [-0.1, -0.05) is 30.3 Å². The molecule has 3 aliphatic rings. The minimum absolute atomic E-state index is 0.0483. The van der Waals surface area contributed by atoms with E-state index in [1.54, 1.807) is 0 Å². The van der Waals surface area contributed by atoms with Gasteiger partial charge in [-0.3, -0.25) is 14.5 Å². The van der Waals surface area contributed by atoms with Gasteiger partial charge in [-0.05, 0) is 50.8 Å². The molecule has 0 aliphatic carbocycles. The Labute approximate surface area is 160 Å². The zero-order chi connectivity index (χ0) is 18.9. The second-order valence-electron chi connectivity index (χ2n) is 8.28. The third-order valence-corrected chi connectivity index (χ3v) is 6.54. The molecule has 0 bridgehead atoms. The first-order valence-corrected chi connectivity index (χ1v) is 10.1. The van der Waals surface area contributed by atoms with E-state index in [2.05, 4.69) is 10.2 Å². The van der Waals surface area contributed by atoms with Crippen LogP contribution in [0.25, 0.3) is 0 Å². The summed E-state index contributed by atoms with van der Waals surface area (Å²) in [7, 11) is 0. The summed E-state index contributed by atoms with van der Waals surface area (Å²) in [5.74, 6) is 0.257. The van der Waals surface area contributed by atoms with E-state index in [4.69, 9.17) is 0 Å². The molecule has 3 heterocycles. The Balaban J connectivity index is 1.35. The number of hydrogen-bond acceptors (Lipinski definition) is 4. The lowest BCUT2D eigenvalue weighted by atomic mass is 9.69. The highest BCUT2D eigenvalue weighted by Gasteiger charge is 2.48. The van der Waals surface area contributed by atoms with Gasteiger partial charge in [0.05, 0.1) is 24.1 Å². The Morgan fingerprint density at radius 2 is 1.78 bits per heavy atom. The standard InChI is InChI=1S/C21H29N3O3/c25-17-14-21(20(27)22-19(17)16-6-2-1-3-7-16)8-12-23(13-9-21)15-18(26)24-10-4-5-11-24/h1-3,6-7,17,19,25H,4-5,8-15H2,(H,22,27)/t17-,19+/m1/s1. The largest absolute Gasteiger partial charge is 0.391 e. The monoisotopic (exact) mass is 371 g/mol. The molecule has 1 spiro atoms. The summed E-state index contributed by atoms with van der Waals surface area (Å²) in [6.07, 6.45) is 3.52. The number of carbonyl (C=O) groups excluding carboxylic acids is 2. The van der Waals surface area contributed by atoms with Crippen molar-refractivity contribution >= 4 is 11.8 Å². The average Bonchev–Trinajstić information content (AvgIpc) is 3.22. The third kappa shape index (κ3) is 3.73. The lowest BCUT2D eigenvalue weighted by Crippen LogP contribution is -2.57. The molecule has 2 N–H and O–H groups in total. The molecule has 146 valence electrons. The van der Waals surface area contributed by atoms with Gasteiger partial charge in [-0.2, -0.15) is 0 Å². The Morgan fingerprint density at radius 1 is 1.11 bits per heavy atom. The van der Waals surface area contributed by atoms with Gasteiger partial charge in [0.2, 0.25) is 11.8 Å². The summed E-state index contributed by atoms with van der Waals surface area (Å²) in [6.45, 7) is 3.68. The Kier molecular flexibility index (Phi) is 5.19. The van der Waals surface area contributed by atoms with E-state index >= 15 is 0 Å². The molecule has 6 nitrogen and oxygen atoms in total. The summed E-state index contributed by atoms with van der Waals surface area (Å²) >= 11 is 0. The maximum Gasteiger partial charge on any atom is 0.236 e. The number of amides is 2. The molecule has 4 rings (SSSR count). The summed E-state index contributed by atoms with van der Waals surface area (Å²) in [4.78, 5) is 29.4. The van der Waals surface area contributed by atoms with E-state index in [9.17, 15) is 14.7 Å². The molecule has 0 saturated carbocycles. The van der Waals surface area contributed by atoms with Crippen LogP contribution in [0.5, 0.6) is 0 Å². The molecule has 1 aromatic carbocycles. The van der Waals surface area contributed by atoms with Crippen molar-refractivity contribution in [2.75, 3.05) is 32.7 Å². The maximum atomic E-state index is 12.9. The molecular formula is C21H29N3O3. The number of piperidine rings is 2. The second-order valence-corrected chi connectivity index (χ2v) is 8.28. The van der Waals surface area contributed by atoms with Gasteiger partial charge in [0.1, 0.15) is 0 Å². The van der Waals surface area contributed by atoms with Crippen molar-refractivity contribution in [1.29, 1.82) is 0 Å². The van der Waals surface area contributed by atoms with E-state index in [0.717, 1.165) is 44.6 Å². The topological polar surface area (TPSA) is 72.9 Å². The van der Waals surface area contributed by atoms with Crippen LogP contribution in [-0.4, -0.2) is 65.5 Å². The fourth-order valence-corrected chi connectivity index (χ4v) is 4.80. The van der Waals surface area contributed by atoms with E-state index in [-0.39, 0.29) is 17.9 Å². The van der Waals surface area contributed by atoms with Gasteiger partial charge in [-0.25, -0.2) is 0 Å². The van der Waals surface area contributed by atoms with Crippen LogP contribution in [0.15, 0.2) is 30.3 Å². The summed E-state index contributed by atoms with van der Waals surface area (Å²) in [5, 5.41) is 13.8. The predicted molar refractivity (Wildman–Crippen MR) is 102 cm³/mol. The van der Waals surface area contributed by atoms with Crippen LogP contribution in [0, 0.1) is 5.41 Å². The van der Waals surface area contributed by atoms with E-state index in [1.165, 1.54) is 0 Å². The molecular weight excluding hydrogens is 342 g/mol. The average molecular weight is 371 g/mol. The first kappa shape index (κ1) is 18.4. The quantitative estimate of drug-likeness (QED) is 0.840. The van der Waals surface area contributed by atoms with E-state index in [0.29, 0.717) is 25.8 Å². The van der Waals surface area contributed by atoms with Crippen molar-refractivity contribution in [1.82, 2.24) is 15.1 Å².